The zero-order valence-electron chi connectivity index (χ0n) is 17.0. The average molecular weight is 410 g/mol. The van der Waals surface area contributed by atoms with Gasteiger partial charge in [-0.2, -0.15) is 5.26 Å². The molecule has 1 saturated heterocycles. The van der Waals surface area contributed by atoms with Crippen molar-refractivity contribution in [2.24, 2.45) is 11.7 Å². The summed E-state index contributed by atoms with van der Waals surface area (Å²) in [5.74, 6) is -0.157. The Kier molecular flexibility index (Phi) is 4.85. The number of piperidine rings is 1. The van der Waals surface area contributed by atoms with Crippen LogP contribution in [0.1, 0.15) is 24.1 Å². The molecule has 31 heavy (non-hydrogen) atoms. The molecule has 0 spiro atoms. The van der Waals surface area contributed by atoms with Crippen molar-refractivity contribution in [3.8, 4) is 17.2 Å². The van der Waals surface area contributed by atoms with Gasteiger partial charge in [0.2, 0.25) is 5.91 Å². The molecule has 1 aliphatic heterocycles. The first-order valence-electron chi connectivity index (χ1n) is 10.4. The molecule has 0 radical (unpaired) electrons. The highest BCUT2D eigenvalue weighted by Gasteiger charge is 2.22. The summed E-state index contributed by atoms with van der Waals surface area (Å²) in [6, 6.07) is 14.5. The highest BCUT2D eigenvalue weighted by molar-refractivity contribution is 6.06. The third-order valence-corrected chi connectivity index (χ3v) is 6.13. The Morgan fingerprint density at radius 2 is 1.87 bits per heavy atom. The zero-order chi connectivity index (χ0) is 21.4. The highest BCUT2D eigenvalue weighted by Crippen LogP contribution is 2.29. The van der Waals surface area contributed by atoms with Gasteiger partial charge in [0, 0.05) is 35.0 Å². The predicted molar refractivity (Wildman–Crippen MR) is 119 cm³/mol. The second-order valence-electron chi connectivity index (χ2n) is 8.12. The molecule has 1 fully saturated rings. The van der Waals surface area contributed by atoms with Crippen LogP contribution in [0.2, 0.25) is 0 Å². The SMILES string of the molecule is N#Cc1cc2c(cn1)[nH]c1ncc(-c3ccc(CN4CCC(C(N)=O)CC4)cc3)cc12. The third kappa shape index (κ3) is 3.74. The van der Waals surface area contributed by atoms with Crippen LogP contribution >= 0.6 is 0 Å². The van der Waals surface area contributed by atoms with E-state index >= 15 is 0 Å². The van der Waals surface area contributed by atoms with Crippen molar-refractivity contribution in [3.05, 3.63) is 60.0 Å². The largest absolute Gasteiger partial charge is 0.369 e. The molecular weight excluding hydrogens is 388 g/mol. The van der Waals surface area contributed by atoms with Crippen molar-refractivity contribution in [2.75, 3.05) is 13.1 Å². The van der Waals surface area contributed by atoms with Gasteiger partial charge in [-0.05, 0) is 49.2 Å². The zero-order valence-corrected chi connectivity index (χ0v) is 17.0. The first kappa shape index (κ1) is 19.2. The quantitative estimate of drug-likeness (QED) is 0.536. The smallest absolute Gasteiger partial charge is 0.220 e. The fourth-order valence-corrected chi connectivity index (χ4v) is 4.33. The number of H-pyrrole nitrogens is 1. The summed E-state index contributed by atoms with van der Waals surface area (Å²) >= 11 is 0. The lowest BCUT2D eigenvalue weighted by molar-refractivity contribution is -0.123. The molecule has 7 nitrogen and oxygen atoms in total. The summed E-state index contributed by atoms with van der Waals surface area (Å²) in [7, 11) is 0. The van der Waals surface area contributed by atoms with Gasteiger partial charge in [-0.15, -0.1) is 0 Å². The number of nitrogens with one attached hydrogen (secondary N) is 1. The van der Waals surface area contributed by atoms with Crippen LogP contribution in [0.5, 0.6) is 0 Å². The summed E-state index contributed by atoms with van der Waals surface area (Å²) in [6.45, 7) is 2.67. The molecule has 0 unspecified atom stereocenters. The van der Waals surface area contributed by atoms with E-state index in [1.807, 2.05) is 6.20 Å². The van der Waals surface area contributed by atoms with Gasteiger partial charge < -0.3 is 10.7 Å². The van der Waals surface area contributed by atoms with E-state index in [4.69, 9.17) is 11.0 Å². The van der Waals surface area contributed by atoms with Gasteiger partial charge in [0.15, 0.2) is 0 Å². The predicted octanol–water partition coefficient (Wildman–Crippen LogP) is 3.35. The summed E-state index contributed by atoms with van der Waals surface area (Å²) in [5, 5.41) is 11.1. The molecular formula is C24H22N6O. The molecule has 154 valence electrons. The maximum Gasteiger partial charge on any atom is 0.220 e. The Morgan fingerprint density at radius 3 is 2.58 bits per heavy atom. The van der Waals surface area contributed by atoms with E-state index < -0.39 is 0 Å². The number of likely N-dealkylation sites (tertiary alicyclic amines) is 1. The van der Waals surface area contributed by atoms with Crippen LogP contribution in [0.3, 0.4) is 0 Å². The lowest BCUT2D eigenvalue weighted by Gasteiger charge is -2.30. The number of pyridine rings is 2. The van der Waals surface area contributed by atoms with E-state index in [0.717, 1.165) is 65.5 Å². The number of carbonyl (C=O) groups excluding carboxylic acids is 1. The normalized spacial score (nSPS) is 15.3. The maximum absolute atomic E-state index is 11.3. The topological polar surface area (TPSA) is 112 Å². The number of nitriles is 1. The number of fused-ring (bicyclic) bond motifs is 3. The van der Waals surface area contributed by atoms with E-state index in [0.29, 0.717) is 5.69 Å². The minimum atomic E-state index is -0.176. The molecule has 4 heterocycles. The number of aromatic nitrogens is 3. The Labute approximate surface area is 179 Å². The number of nitrogens with zero attached hydrogens (tertiary/aromatic N) is 4. The summed E-state index contributed by atoms with van der Waals surface area (Å²) in [5.41, 5.74) is 10.8. The van der Waals surface area contributed by atoms with Crippen LogP contribution in [-0.2, 0) is 11.3 Å². The summed E-state index contributed by atoms with van der Waals surface area (Å²) in [6.07, 6.45) is 5.22. The van der Waals surface area contributed by atoms with Crippen LogP contribution in [0.4, 0.5) is 0 Å². The van der Waals surface area contributed by atoms with E-state index in [1.165, 1.54) is 5.56 Å². The Hall–Kier alpha value is -3.76. The minimum absolute atomic E-state index is 0.0191. The fourth-order valence-electron chi connectivity index (χ4n) is 4.33. The molecule has 3 N–H and O–H groups in total. The molecule has 1 amide bonds. The molecule has 0 aliphatic carbocycles. The highest BCUT2D eigenvalue weighted by atomic mass is 16.1. The monoisotopic (exact) mass is 410 g/mol. The minimum Gasteiger partial charge on any atom is -0.369 e. The number of hydrogen-bond donors (Lipinski definition) is 2. The maximum atomic E-state index is 11.3. The number of nitrogens with two attached hydrogens (primary N) is 1. The van der Waals surface area contributed by atoms with Crippen LogP contribution in [-0.4, -0.2) is 38.8 Å². The molecule has 7 heteroatoms. The van der Waals surface area contributed by atoms with Crippen molar-refractivity contribution in [1.82, 2.24) is 19.9 Å². The van der Waals surface area contributed by atoms with Crippen molar-refractivity contribution in [2.45, 2.75) is 19.4 Å². The van der Waals surface area contributed by atoms with Gasteiger partial charge in [-0.25, -0.2) is 9.97 Å². The van der Waals surface area contributed by atoms with Gasteiger partial charge in [0.1, 0.15) is 17.4 Å². The number of rotatable bonds is 4. The molecule has 1 aliphatic rings. The van der Waals surface area contributed by atoms with E-state index in [1.54, 1.807) is 12.3 Å². The number of hydrogen-bond acceptors (Lipinski definition) is 5. The van der Waals surface area contributed by atoms with Crippen LogP contribution in [0.15, 0.2) is 48.8 Å². The van der Waals surface area contributed by atoms with E-state index in [-0.39, 0.29) is 11.8 Å². The lowest BCUT2D eigenvalue weighted by atomic mass is 9.96. The van der Waals surface area contributed by atoms with Gasteiger partial charge in [0.05, 0.1) is 11.7 Å². The third-order valence-electron chi connectivity index (χ3n) is 6.13. The Bertz CT molecular complexity index is 1310. The first-order chi connectivity index (χ1) is 15.1. The molecule has 0 saturated carbocycles. The van der Waals surface area contributed by atoms with Crippen LogP contribution < -0.4 is 5.73 Å². The van der Waals surface area contributed by atoms with Gasteiger partial charge in [0.25, 0.3) is 0 Å². The van der Waals surface area contributed by atoms with E-state index in [2.05, 4.69) is 56.3 Å². The van der Waals surface area contributed by atoms with Crippen LogP contribution in [0.25, 0.3) is 33.1 Å². The number of amides is 1. The Morgan fingerprint density at radius 1 is 1.10 bits per heavy atom. The molecule has 0 bridgehead atoms. The summed E-state index contributed by atoms with van der Waals surface area (Å²) < 4.78 is 0. The fraction of sp³-hybridized carbons (Fsp3) is 0.250. The number of benzene rings is 1. The van der Waals surface area contributed by atoms with Crippen molar-refractivity contribution < 1.29 is 4.79 Å². The van der Waals surface area contributed by atoms with Crippen molar-refractivity contribution >= 4 is 27.8 Å². The van der Waals surface area contributed by atoms with E-state index in [9.17, 15) is 4.79 Å². The lowest BCUT2D eigenvalue weighted by Crippen LogP contribution is -2.38. The number of primary amides is 1. The average Bonchev–Trinajstić information content (AvgIpc) is 3.17. The first-order valence-corrected chi connectivity index (χ1v) is 10.4. The molecule has 0 atom stereocenters. The van der Waals surface area contributed by atoms with Crippen molar-refractivity contribution in [3.63, 3.8) is 0 Å². The molecule has 1 aromatic carbocycles. The van der Waals surface area contributed by atoms with Gasteiger partial charge in [-0.1, -0.05) is 24.3 Å². The van der Waals surface area contributed by atoms with Gasteiger partial charge in [-0.3, -0.25) is 9.69 Å². The van der Waals surface area contributed by atoms with Crippen molar-refractivity contribution in [1.29, 1.82) is 5.26 Å². The Balaban J connectivity index is 1.36. The molecule has 4 aromatic rings. The summed E-state index contributed by atoms with van der Waals surface area (Å²) in [4.78, 5) is 25.7. The molecule has 5 rings (SSSR count). The second kappa shape index (κ2) is 7.82. The molecule has 3 aromatic heterocycles. The number of carbonyl (C=O) groups is 1. The second-order valence-corrected chi connectivity index (χ2v) is 8.12. The standard InChI is InChI=1S/C24H22N6O/c25-11-19-10-20-21-9-18(12-28-24(21)29-22(20)13-27-19)16-3-1-15(2-4-16)14-30-7-5-17(6-8-30)23(26)31/h1-4,9-10,12-13,17H,5-8,14H2,(H2,26,31)(H,28,29). The van der Waals surface area contributed by atoms with Crippen LogP contribution in [0, 0.1) is 17.2 Å². The van der Waals surface area contributed by atoms with Gasteiger partial charge >= 0.3 is 0 Å². The number of aromatic amines is 1.